The number of likely N-dealkylation sites (N-methyl/N-ethyl adjacent to an activating group) is 1. The van der Waals surface area contributed by atoms with Gasteiger partial charge in [0.2, 0.25) is 0 Å². The van der Waals surface area contributed by atoms with Crippen molar-refractivity contribution in [2.75, 3.05) is 20.1 Å². The molecule has 4 aliphatic carbocycles. The molecule has 2 heteroatoms. The molecule has 2 bridgehead atoms. The molecule has 7 atom stereocenters. The van der Waals surface area contributed by atoms with Gasteiger partial charge in [-0.3, -0.25) is 4.90 Å². The minimum atomic E-state index is 0.483. The first kappa shape index (κ1) is 15.6. The SMILES string of the molecule is CNCC1CN1C1C=CCC2(C)C13CCC(C)C21CCC(C)=C1C3. The second-order valence-corrected chi connectivity index (χ2v) is 9.82. The normalized spacial score (nSPS) is 54.8. The fraction of sp³-hybridized carbons (Fsp3) is 0.818. The van der Waals surface area contributed by atoms with Crippen molar-refractivity contribution >= 4 is 0 Å². The molecule has 5 rings (SSSR count). The van der Waals surface area contributed by atoms with Crippen LogP contribution < -0.4 is 5.32 Å². The predicted octanol–water partition coefficient (Wildman–Crippen LogP) is 4.14. The first-order chi connectivity index (χ1) is 11.5. The van der Waals surface area contributed by atoms with Crippen LogP contribution in [0.1, 0.15) is 59.3 Å². The Labute approximate surface area is 147 Å². The number of nitrogens with one attached hydrogen (secondary N) is 1. The van der Waals surface area contributed by atoms with E-state index in [4.69, 9.17) is 0 Å². The summed E-state index contributed by atoms with van der Waals surface area (Å²) in [6.45, 7) is 10.2. The van der Waals surface area contributed by atoms with Gasteiger partial charge in [0.1, 0.15) is 0 Å². The van der Waals surface area contributed by atoms with Crippen LogP contribution in [0.3, 0.4) is 0 Å². The molecule has 0 aromatic carbocycles. The Morgan fingerprint density at radius 3 is 2.96 bits per heavy atom. The second-order valence-electron chi connectivity index (χ2n) is 9.82. The molecule has 0 amide bonds. The molecule has 3 fully saturated rings. The van der Waals surface area contributed by atoms with E-state index in [1.807, 2.05) is 5.57 Å². The maximum absolute atomic E-state index is 3.40. The fourth-order valence-electron chi connectivity index (χ4n) is 8.08. The van der Waals surface area contributed by atoms with Crippen LogP contribution in [-0.4, -0.2) is 37.1 Å². The van der Waals surface area contributed by atoms with Gasteiger partial charge in [-0.25, -0.2) is 0 Å². The summed E-state index contributed by atoms with van der Waals surface area (Å²) in [6.07, 6.45) is 13.6. The van der Waals surface area contributed by atoms with Crippen LogP contribution in [0.2, 0.25) is 0 Å². The molecule has 0 aromatic rings. The van der Waals surface area contributed by atoms with Crippen molar-refractivity contribution in [3.05, 3.63) is 23.3 Å². The third-order valence-corrected chi connectivity index (χ3v) is 9.35. The van der Waals surface area contributed by atoms with Gasteiger partial charge in [0.05, 0.1) is 0 Å². The van der Waals surface area contributed by atoms with Crippen molar-refractivity contribution in [3.8, 4) is 0 Å². The van der Waals surface area contributed by atoms with Crippen LogP contribution in [0, 0.1) is 22.2 Å². The van der Waals surface area contributed by atoms with E-state index in [1.165, 1.54) is 45.1 Å². The highest BCUT2D eigenvalue weighted by Gasteiger charge is 2.74. The smallest absolute Gasteiger partial charge is 0.0354 e. The second kappa shape index (κ2) is 4.76. The summed E-state index contributed by atoms with van der Waals surface area (Å²) in [6, 6.07) is 1.46. The quantitative estimate of drug-likeness (QED) is 0.619. The molecule has 1 spiro atoms. The number of nitrogens with zero attached hydrogens (tertiary/aromatic N) is 1. The Hall–Kier alpha value is -0.600. The highest BCUT2D eigenvalue weighted by atomic mass is 15.4. The van der Waals surface area contributed by atoms with E-state index >= 15 is 0 Å². The lowest BCUT2D eigenvalue weighted by atomic mass is 9.43. The van der Waals surface area contributed by atoms with Gasteiger partial charge < -0.3 is 5.32 Å². The van der Waals surface area contributed by atoms with Crippen molar-refractivity contribution in [1.82, 2.24) is 10.2 Å². The Kier molecular flexibility index (Phi) is 3.10. The largest absolute Gasteiger partial charge is 0.318 e. The van der Waals surface area contributed by atoms with Crippen LogP contribution in [0.25, 0.3) is 0 Å². The highest BCUT2D eigenvalue weighted by Crippen LogP contribution is 2.80. The Balaban J connectivity index is 1.62. The maximum atomic E-state index is 3.40. The minimum Gasteiger partial charge on any atom is -0.318 e. The van der Waals surface area contributed by atoms with Crippen molar-refractivity contribution in [2.45, 2.75) is 71.4 Å². The van der Waals surface area contributed by atoms with Crippen LogP contribution in [0.5, 0.6) is 0 Å². The lowest BCUT2D eigenvalue weighted by Gasteiger charge is -2.62. The van der Waals surface area contributed by atoms with Crippen LogP contribution in [-0.2, 0) is 0 Å². The van der Waals surface area contributed by atoms with Crippen molar-refractivity contribution in [3.63, 3.8) is 0 Å². The van der Waals surface area contributed by atoms with Gasteiger partial charge in [0.15, 0.2) is 0 Å². The summed E-state index contributed by atoms with van der Waals surface area (Å²) in [7, 11) is 2.10. The molecule has 1 aliphatic heterocycles. The molecule has 2 saturated carbocycles. The lowest BCUT2D eigenvalue weighted by molar-refractivity contribution is -0.109. The molecule has 1 N–H and O–H groups in total. The molecule has 1 saturated heterocycles. The minimum absolute atomic E-state index is 0.483. The van der Waals surface area contributed by atoms with E-state index in [1.54, 1.807) is 5.57 Å². The molecular formula is C22H34N2. The van der Waals surface area contributed by atoms with Crippen molar-refractivity contribution in [2.24, 2.45) is 22.2 Å². The lowest BCUT2D eigenvalue weighted by Crippen LogP contribution is -2.59. The van der Waals surface area contributed by atoms with E-state index in [-0.39, 0.29) is 0 Å². The maximum Gasteiger partial charge on any atom is 0.0354 e. The summed E-state index contributed by atoms with van der Waals surface area (Å²) in [5.41, 5.74) is 5.18. The Morgan fingerprint density at radius 2 is 2.17 bits per heavy atom. The summed E-state index contributed by atoms with van der Waals surface area (Å²) < 4.78 is 0. The molecule has 7 unspecified atom stereocenters. The zero-order valence-corrected chi connectivity index (χ0v) is 16.0. The van der Waals surface area contributed by atoms with Crippen LogP contribution in [0.15, 0.2) is 23.3 Å². The topological polar surface area (TPSA) is 15.0 Å². The molecule has 2 nitrogen and oxygen atoms in total. The summed E-state index contributed by atoms with van der Waals surface area (Å²) in [4.78, 5) is 2.81. The van der Waals surface area contributed by atoms with E-state index in [9.17, 15) is 0 Å². The monoisotopic (exact) mass is 326 g/mol. The van der Waals surface area contributed by atoms with Gasteiger partial charge in [0, 0.05) is 30.6 Å². The predicted molar refractivity (Wildman–Crippen MR) is 99.9 cm³/mol. The first-order valence-electron chi connectivity index (χ1n) is 10.3. The molecule has 5 aliphatic rings. The van der Waals surface area contributed by atoms with E-state index in [0.717, 1.165) is 18.5 Å². The average molecular weight is 327 g/mol. The fourth-order valence-corrected chi connectivity index (χ4v) is 8.08. The third-order valence-electron chi connectivity index (χ3n) is 9.35. The summed E-state index contributed by atoms with van der Waals surface area (Å²) in [5, 5.41) is 3.40. The Bertz CT molecular complexity index is 634. The Morgan fingerprint density at radius 1 is 1.33 bits per heavy atom. The van der Waals surface area contributed by atoms with Gasteiger partial charge in [-0.2, -0.15) is 0 Å². The van der Waals surface area contributed by atoms with Gasteiger partial charge >= 0.3 is 0 Å². The summed E-state index contributed by atoms with van der Waals surface area (Å²) >= 11 is 0. The molecular weight excluding hydrogens is 292 g/mol. The first-order valence-corrected chi connectivity index (χ1v) is 10.3. The number of rotatable bonds is 3. The molecule has 132 valence electrons. The highest BCUT2D eigenvalue weighted by molar-refractivity contribution is 5.44. The van der Waals surface area contributed by atoms with Crippen LogP contribution >= 0.6 is 0 Å². The van der Waals surface area contributed by atoms with E-state index in [2.05, 4.69) is 50.2 Å². The molecule has 24 heavy (non-hydrogen) atoms. The number of hydrogen-bond donors (Lipinski definition) is 1. The van der Waals surface area contributed by atoms with Crippen molar-refractivity contribution < 1.29 is 0 Å². The molecule has 1 heterocycles. The molecule has 0 aromatic heterocycles. The van der Waals surface area contributed by atoms with Gasteiger partial charge in [-0.05, 0) is 69.2 Å². The van der Waals surface area contributed by atoms with E-state index < -0.39 is 0 Å². The van der Waals surface area contributed by atoms with Gasteiger partial charge in [-0.1, -0.05) is 37.1 Å². The van der Waals surface area contributed by atoms with Gasteiger partial charge in [-0.15, -0.1) is 0 Å². The third kappa shape index (κ3) is 1.53. The van der Waals surface area contributed by atoms with Crippen molar-refractivity contribution in [1.29, 1.82) is 0 Å². The molecule has 0 radical (unpaired) electrons. The van der Waals surface area contributed by atoms with Gasteiger partial charge in [0.25, 0.3) is 0 Å². The average Bonchev–Trinajstić information content (AvgIpc) is 3.20. The number of allylic oxidation sites excluding steroid dienone is 3. The van der Waals surface area contributed by atoms with Crippen LogP contribution in [0.4, 0.5) is 0 Å². The standard InChI is InChI=1S/C22H34N2/c1-15-7-11-22-16(2)8-10-21(12-18(15)22)19(6-5-9-20(21,22)3)24-14-17(24)13-23-4/h5-6,16-17,19,23H,7-14H2,1-4H3. The number of hydrogen-bond acceptors (Lipinski definition) is 2. The van der Waals surface area contributed by atoms with E-state index in [0.29, 0.717) is 22.3 Å². The summed E-state index contributed by atoms with van der Waals surface area (Å²) in [5.74, 6) is 0.875. The zero-order valence-electron chi connectivity index (χ0n) is 16.0. The zero-order chi connectivity index (χ0) is 16.7.